The molecule has 1 aromatic carbocycles. The number of benzene rings is 1. The van der Waals surface area contributed by atoms with E-state index in [4.69, 9.17) is 4.42 Å². The number of ketones is 1. The van der Waals surface area contributed by atoms with Crippen molar-refractivity contribution in [1.82, 2.24) is 4.90 Å². The zero-order valence-electron chi connectivity index (χ0n) is 26.2. The highest BCUT2D eigenvalue weighted by Gasteiger charge is 2.74. The number of carbonyl (C=O) groups is 2. The summed E-state index contributed by atoms with van der Waals surface area (Å²) in [5, 5.41) is 26.6. The number of carbonyl (C=O) groups excluding carboxylic acids is 2. The number of rotatable bonds is 7. The Balaban J connectivity index is 1.28. The second kappa shape index (κ2) is 10.2. The summed E-state index contributed by atoms with van der Waals surface area (Å²) in [6.45, 7) is 7.43. The number of hydrogen-bond donors (Lipinski definition) is 3. The fraction of sp³-hybridized carbons (Fsp3) is 0.568. The largest absolute Gasteiger partial charge is 0.461 e. The van der Waals surface area contributed by atoms with E-state index in [-0.39, 0.29) is 41.0 Å². The third kappa shape index (κ3) is 3.94. The van der Waals surface area contributed by atoms with Gasteiger partial charge in [-0.05, 0) is 92.9 Å². The van der Waals surface area contributed by atoms with E-state index in [0.29, 0.717) is 25.1 Å². The van der Waals surface area contributed by atoms with Crippen molar-refractivity contribution in [2.45, 2.75) is 83.8 Å². The number of aliphatic hydroxyl groups excluding tert-OH is 1. The molecular weight excluding hydrogens is 552 g/mol. The molecule has 3 N–H and O–H groups in total. The molecule has 3 fully saturated rings. The first kappa shape index (κ1) is 29.5. The van der Waals surface area contributed by atoms with Gasteiger partial charge in [0, 0.05) is 34.1 Å². The van der Waals surface area contributed by atoms with E-state index in [0.717, 1.165) is 49.8 Å². The average Bonchev–Trinajstić information content (AvgIpc) is 3.64. The number of fused-ring (bicyclic) bond motifs is 1. The van der Waals surface area contributed by atoms with Gasteiger partial charge in [-0.15, -0.1) is 0 Å². The molecule has 8 rings (SSSR count). The van der Waals surface area contributed by atoms with Crippen LogP contribution in [-0.4, -0.2) is 51.7 Å². The smallest absolute Gasteiger partial charge is 0.321 e. The number of nitrogens with one attached hydrogen (secondary N) is 1. The standard InChI is InChI=1S/C37H46N2O5/c1-4-20-39(32(42)38-25-9-6-5-7-10-25)24-36(43)17-14-30-34(36,3)16-13-29-33(2)15-12-26(40)22-35(33)18-19-37(29,30)27(23-35)31(41)28-11-8-21-44-28/h5-11,18-19,21,23,26,29-30,40,43H,4,12-17,20,22,24H2,1-3H3,(H,38,42). The van der Waals surface area contributed by atoms with Crippen molar-refractivity contribution in [2.24, 2.45) is 33.5 Å². The highest BCUT2D eigenvalue weighted by Crippen LogP contribution is 2.78. The predicted octanol–water partition coefficient (Wildman–Crippen LogP) is 7.00. The number of Topliss-reactive ketones (excluding diaryl/α,β-unsaturated/α-hetero) is 1. The quantitative estimate of drug-likeness (QED) is 0.235. The van der Waals surface area contributed by atoms with Gasteiger partial charge in [0.05, 0.1) is 24.5 Å². The van der Waals surface area contributed by atoms with Gasteiger partial charge in [-0.1, -0.05) is 57.2 Å². The fourth-order valence-electron chi connectivity index (χ4n) is 10.7. The Hall–Kier alpha value is -3.16. The zero-order valence-corrected chi connectivity index (χ0v) is 26.2. The molecule has 234 valence electrons. The number of hydrogen-bond acceptors (Lipinski definition) is 5. The minimum atomic E-state index is -1.11. The Kier molecular flexibility index (Phi) is 6.84. The zero-order chi connectivity index (χ0) is 31.0. The maximum Gasteiger partial charge on any atom is 0.321 e. The lowest BCUT2D eigenvalue weighted by molar-refractivity contribution is -0.174. The van der Waals surface area contributed by atoms with E-state index in [2.05, 4.69) is 44.3 Å². The molecule has 8 atom stereocenters. The van der Waals surface area contributed by atoms with Gasteiger partial charge >= 0.3 is 6.03 Å². The predicted molar refractivity (Wildman–Crippen MR) is 169 cm³/mol. The Bertz CT molecular complexity index is 1500. The number of nitrogens with zero attached hydrogens (tertiary/aromatic N) is 1. The normalized spacial score (nSPS) is 40.0. The third-order valence-corrected chi connectivity index (χ3v) is 13.0. The molecule has 0 saturated heterocycles. The van der Waals surface area contributed by atoms with Crippen molar-refractivity contribution in [3.63, 3.8) is 0 Å². The summed E-state index contributed by atoms with van der Waals surface area (Å²) in [6.07, 6.45) is 14.1. The van der Waals surface area contributed by atoms with Crippen LogP contribution in [0.25, 0.3) is 0 Å². The SMILES string of the molecule is CCCN(CC1(O)CCC2C34C=CC5(C=C3C(=O)c3ccco3)CC(O)CCC5(C)C4CCC21C)C(=O)Nc1ccccc1. The van der Waals surface area contributed by atoms with Gasteiger partial charge in [-0.25, -0.2) is 4.79 Å². The summed E-state index contributed by atoms with van der Waals surface area (Å²) in [6, 6.07) is 12.8. The molecule has 1 aromatic heterocycles. The van der Waals surface area contributed by atoms with Crippen molar-refractivity contribution in [1.29, 1.82) is 0 Å². The molecule has 44 heavy (non-hydrogen) atoms. The summed E-state index contributed by atoms with van der Waals surface area (Å²) in [7, 11) is 0. The highest BCUT2D eigenvalue weighted by molar-refractivity contribution is 6.08. The molecule has 2 bridgehead atoms. The molecule has 7 nitrogen and oxygen atoms in total. The summed E-state index contributed by atoms with van der Waals surface area (Å²) < 4.78 is 5.68. The Labute approximate surface area is 260 Å². The van der Waals surface area contributed by atoms with Crippen molar-refractivity contribution in [3.8, 4) is 0 Å². The second-order valence-corrected chi connectivity index (χ2v) is 14.8. The van der Waals surface area contributed by atoms with E-state index >= 15 is 0 Å². The maximum absolute atomic E-state index is 14.4. The Morgan fingerprint density at radius 2 is 1.70 bits per heavy atom. The van der Waals surface area contributed by atoms with Gasteiger partial charge in [0.15, 0.2) is 5.76 Å². The molecule has 2 spiro atoms. The fourth-order valence-corrected chi connectivity index (χ4v) is 10.7. The number of furan rings is 1. The van der Waals surface area contributed by atoms with Crippen LogP contribution in [-0.2, 0) is 0 Å². The number of urea groups is 1. The van der Waals surface area contributed by atoms with Gasteiger partial charge in [0.25, 0.3) is 0 Å². The molecule has 6 aliphatic carbocycles. The van der Waals surface area contributed by atoms with E-state index < -0.39 is 22.5 Å². The van der Waals surface area contributed by atoms with Crippen LogP contribution in [0.3, 0.4) is 0 Å². The first-order valence-electron chi connectivity index (χ1n) is 16.6. The van der Waals surface area contributed by atoms with Crippen LogP contribution >= 0.6 is 0 Å². The van der Waals surface area contributed by atoms with Crippen molar-refractivity contribution >= 4 is 17.5 Å². The Morgan fingerprint density at radius 3 is 2.43 bits per heavy atom. The van der Waals surface area contributed by atoms with E-state index in [1.807, 2.05) is 30.3 Å². The van der Waals surface area contributed by atoms with Crippen LogP contribution in [0.2, 0.25) is 0 Å². The van der Waals surface area contributed by atoms with Gasteiger partial charge in [-0.3, -0.25) is 4.79 Å². The summed E-state index contributed by atoms with van der Waals surface area (Å²) in [5.41, 5.74) is -1.15. The van der Waals surface area contributed by atoms with E-state index in [9.17, 15) is 19.8 Å². The van der Waals surface area contributed by atoms with Crippen molar-refractivity contribution in [3.05, 3.63) is 78.3 Å². The monoisotopic (exact) mass is 598 g/mol. The minimum Gasteiger partial charge on any atom is -0.461 e. The van der Waals surface area contributed by atoms with Gasteiger partial charge < -0.3 is 24.8 Å². The van der Waals surface area contributed by atoms with Crippen LogP contribution in [0.1, 0.15) is 82.7 Å². The summed E-state index contributed by atoms with van der Waals surface area (Å²) in [4.78, 5) is 29.7. The summed E-state index contributed by atoms with van der Waals surface area (Å²) in [5.74, 6) is 0.482. The average molecular weight is 599 g/mol. The van der Waals surface area contributed by atoms with Gasteiger partial charge in [0.1, 0.15) is 0 Å². The van der Waals surface area contributed by atoms with E-state index in [1.54, 1.807) is 23.3 Å². The van der Waals surface area contributed by atoms with Crippen LogP contribution < -0.4 is 5.32 Å². The molecule has 1 heterocycles. The molecule has 2 aromatic rings. The lowest BCUT2D eigenvalue weighted by atomic mass is 9.32. The molecule has 3 saturated carbocycles. The Morgan fingerprint density at radius 1 is 0.977 bits per heavy atom. The number of anilines is 1. The molecule has 7 heteroatoms. The maximum atomic E-state index is 14.4. The van der Waals surface area contributed by atoms with Crippen molar-refractivity contribution < 1.29 is 24.2 Å². The van der Waals surface area contributed by atoms with E-state index in [1.165, 1.54) is 0 Å². The van der Waals surface area contributed by atoms with Crippen molar-refractivity contribution in [2.75, 3.05) is 18.4 Å². The van der Waals surface area contributed by atoms with Crippen LogP contribution in [0.5, 0.6) is 0 Å². The van der Waals surface area contributed by atoms with Crippen LogP contribution in [0.15, 0.2) is 76.9 Å². The topological polar surface area (TPSA) is 103 Å². The number of amides is 2. The molecule has 0 radical (unpaired) electrons. The molecule has 8 unspecified atom stereocenters. The second-order valence-electron chi connectivity index (χ2n) is 14.8. The molecule has 2 amide bonds. The van der Waals surface area contributed by atoms with Crippen LogP contribution in [0.4, 0.5) is 10.5 Å². The molecular formula is C37H46N2O5. The molecule has 6 aliphatic rings. The van der Waals surface area contributed by atoms with Gasteiger partial charge in [0.2, 0.25) is 5.78 Å². The lowest BCUT2D eigenvalue weighted by Gasteiger charge is -2.71. The highest BCUT2D eigenvalue weighted by atomic mass is 16.3. The first-order valence-corrected chi connectivity index (χ1v) is 16.6. The minimum absolute atomic E-state index is 0.0165. The number of allylic oxidation sites excluding steroid dienone is 4. The first-order chi connectivity index (χ1) is 21.0. The van der Waals surface area contributed by atoms with Gasteiger partial charge in [-0.2, -0.15) is 0 Å². The summed E-state index contributed by atoms with van der Waals surface area (Å²) >= 11 is 0. The number of para-hydroxylation sites is 1. The number of aliphatic hydroxyl groups is 2. The third-order valence-electron chi connectivity index (χ3n) is 13.0. The van der Waals surface area contributed by atoms with Crippen LogP contribution in [0, 0.1) is 33.5 Å². The molecule has 0 aliphatic heterocycles. The lowest BCUT2D eigenvalue weighted by Crippen LogP contribution is -2.67.